The first-order valence-electron chi connectivity index (χ1n) is 10.00. The highest BCUT2D eigenvalue weighted by atomic mass is 19.1. The van der Waals surface area contributed by atoms with Gasteiger partial charge in [0.2, 0.25) is 0 Å². The number of aryl methyl sites for hydroxylation is 2. The molecule has 2 aromatic carbocycles. The zero-order valence-corrected chi connectivity index (χ0v) is 17.5. The zero-order chi connectivity index (χ0) is 22.7. The van der Waals surface area contributed by atoms with Crippen LogP contribution in [0.15, 0.2) is 60.9 Å². The van der Waals surface area contributed by atoms with Crippen LogP contribution in [0, 0.1) is 25.5 Å². The van der Waals surface area contributed by atoms with Gasteiger partial charge in [0.15, 0.2) is 11.6 Å². The number of pyridine rings is 1. The summed E-state index contributed by atoms with van der Waals surface area (Å²) in [5.74, 6) is 0.0989. The van der Waals surface area contributed by atoms with E-state index in [1.165, 1.54) is 16.9 Å². The third-order valence-corrected chi connectivity index (χ3v) is 4.90. The molecule has 4 rings (SSSR count). The molecule has 0 saturated carbocycles. The number of nitrogens with zero attached hydrogens (tertiary/aromatic N) is 4. The van der Waals surface area contributed by atoms with Gasteiger partial charge < -0.3 is 4.74 Å². The van der Waals surface area contributed by atoms with Crippen molar-refractivity contribution in [3.63, 3.8) is 0 Å². The smallest absolute Gasteiger partial charge is 0.178 e. The van der Waals surface area contributed by atoms with Crippen molar-refractivity contribution < 1.29 is 18.3 Å². The summed E-state index contributed by atoms with van der Waals surface area (Å²) in [4.78, 5) is 18.4. The first-order chi connectivity index (χ1) is 15.4. The van der Waals surface area contributed by atoms with Gasteiger partial charge >= 0.3 is 0 Å². The van der Waals surface area contributed by atoms with Crippen molar-refractivity contribution in [3.8, 4) is 17.3 Å². The molecule has 0 aliphatic rings. The predicted octanol–water partition coefficient (Wildman–Crippen LogP) is 5.17. The number of halogens is 2. The van der Waals surface area contributed by atoms with Gasteiger partial charge in [-0.15, -0.1) is 4.80 Å². The fourth-order valence-corrected chi connectivity index (χ4v) is 3.32. The minimum absolute atomic E-state index is 0.122. The molecule has 6 nitrogen and oxygen atoms in total. The first-order valence-corrected chi connectivity index (χ1v) is 10.00. The quantitative estimate of drug-likeness (QED) is 0.376. The van der Waals surface area contributed by atoms with Crippen LogP contribution < -0.4 is 4.74 Å². The van der Waals surface area contributed by atoms with E-state index < -0.39 is 11.6 Å². The molecule has 162 valence electrons. The van der Waals surface area contributed by atoms with E-state index in [0.29, 0.717) is 34.0 Å². The number of benzene rings is 2. The summed E-state index contributed by atoms with van der Waals surface area (Å²) < 4.78 is 32.8. The van der Waals surface area contributed by atoms with E-state index in [0.717, 1.165) is 11.8 Å². The van der Waals surface area contributed by atoms with E-state index in [1.807, 2.05) is 6.92 Å². The van der Waals surface area contributed by atoms with E-state index in [4.69, 9.17) is 4.74 Å². The molecule has 0 aliphatic heterocycles. The third kappa shape index (κ3) is 4.85. The van der Waals surface area contributed by atoms with Gasteiger partial charge in [-0.25, -0.2) is 13.8 Å². The van der Waals surface area contributed by atoms with E-state index >= 15 is 0 Å². The van der Waals surface area contributed by atoms with Crippen molar-refractivity contribution in [3.05, 3.63) is 94.9 Å². The van der Waals surface area contributed by atoms with Gasteiger partial charge in [-0.2, -0.15) is 10.2 Å². The molecule has 8 heteroatoms. The molecule has 0 unspecified atom stereocenters. The zero-order valence-electron chi connectivity index (χ0n) is 17.5. The first kappa shape index (κ1) is 21.3. The van der Waals surface area contributed by atoms with Crippen molar-refractivity contribution in [1.29, 1.82) is 0 Å². The number of ketones is 1. The lowest BCUT2D eigenvalue weighted by atomic mass is 9.98. The van der Waals surface area contributed by atoms with Crippen molar-refractivity contribution in [2.24, 2.45) is 0 Å². The second-order valence-electron chi connectivity index (χ2n) is 7.36. The van der Waals surface area contributed by atoms with Gasteiger partial charge in [-0.1, -0.05) is 12.1 Å². The molecule has 32 heavy (non-hydrogen) atoms. The number of aromatic nitrogens is 4. The van der Waals surface area contributed by atoms with Gasteiger partial charge in [-0.3, -0.25) is 4.79 Å². The highest BCUT2D eigenvalue weighted by Gasteiger charge is 2.14. The topological polar surface area (TPSA) is 69.9 Å². The molecule has 0 aliphatic carbocycles. The molecule has 0 fully saturated rings. The number of rotatable bonds is 7. The molecule has 0 radical (unpaired) electrons. The SMILES string of the molecule is Cc1cnn(-c2cc(Oc3cccc(C(=O)CCc4cc(F)cc(F)c4)c3C)ccn2)n1. The van der Waals surface area contributed by atoms with Crippen LogP contribution in [0.5, 0.6) is 11.5 Å². The summed E-state index contributed by atoms with van der Waals surface area (Å²) in [5.41, 5.74) is 2.38. The van der Waals surface area contributed by atoms with Crippen LogP contribution in [0.4, 0.5) is 8.78 Å². The molecule has 0 N–H and O–H groups in total. The molecule has 0 amide bonds. The Morgan fingerprint density at radius 1 is 1.06 bits per heavy atom. The van der Waals surface area contributed by atoms with Crippen LogP contribution in [0.2, 0.25) is 0 Å². The van der Waals surface area contributed by atoms with E-state index in [-0.39, 0.29) is 18.6 Å². The van der Waals surface area contributed by atoms with E-state index in [1.54, 1.807) is 49.6 Å². The van der Waals surface area contributed by atoms with Gasteiger partial charge in [0.05, 0.1) is 11.9 Å². The average molecular weight is 434 g/mol. The highest BCUT2D eigenvalue weighted by molar-refractivity contribution is 5.98. The molecule has 2 aromatic heterocycles. The Kier molecular flexibility index (Phi) is 6.02. The molecule has 4 aromatic rings. The molecular formula is C24H20F2N4O2. The van der Waals surface area contributed by atoms with Crippen LogP contribution >= 0.6 is 0 Å². The second-order valence-corrected chi connectivity index (χ2v) is 7.36. The lowest BCUT2D eigenvalue weighted by molar-refractivity contribution is 0.0982. The van der Waals surface area contributed by atoms with Crippen LogP contribution in [-0.4, -0.2) is 25.8 Å². The van der Waals surface area contributed by atoms with Gasteiger partial charge in [0.1, 0.15) is 23.1 Å². The van der Waals surface area contributed by atoms with Crippen molar-refractivity contribution >= 4 is 5.78 Å². The number of carbonyl (C=O) groups excluding carboxylic acids is 1. The Labute approximate surface area is 183 Å². The number of ether oxygens (including phenoxy) is 1. The summed E-state index contributed by atoms with van der Waals surface area (Å²) in [5, 5.41) is 8.38. The lowest BCUT2D eigenvalue weighted by Gasteiger charge is -2.12. The Bertz CT molecular complexity index is 1270. The normalized spacial score (nSPS) is 10.9. The standard InChI is InChI=1S/C24H20F2N4O2/c1-15-14-28-30(29-15)24-13-20(8-9-27-24)32-23-5-3-4-21(16(23)2)22(31)7-6-17-10-18(25)12-19(26)11-17/h3-5,8-14H,6-7H2,1-2H3. The molecule has 2 heterocycles. The van der Waals surface area contributed by atoms with Crippen LogP contribution in [0.25, 0.3) is 5.82 Å². The fraction of sp³-hybridized carbons (Fsp3) is 0.167. The van der Waals surface area contributed by atoms with Crippen LogP contribution in [0.1, 0.15) is 33.6 Å². The summed E-state index contributed by atoms with van der Waals surface area (Å²) in [6.07, 6.45) is 3.58. The monoisotopic (exact) mass is 434 g/mol. The third-order valence-electron chi connectivity index (χ3n) is 4.90. The van der Waals surface area contributed by atoms with E-state index in [9.17, 15) is 13.6 Å². The maximum Gasteiger partial charge on any atom is 0.178 e. The maximum atomic E-state index is 13.4. The largest absolute Gasteiger partial charge is 0.457 e. The Hall–Kier alpha value is -3.94. The number of hydrogen-bond donors (Lipinski definition) is 0. The molecule has 0 spiro atoms. The predicted molar refractivity (Wildman–Crippen MR) is 114 cm³/mol. The maximum absolute atomic E-state index is 13.4. The molecular weight excluding hydrogens is 414 g/mol. The Morgan fingerprint density at radius 2 is 1.84 bits per heavy atom. The number of carbonyl (C=O) groups is 1. The fourth-order valence-electron chi connectivity index (χ4n) is 3.32. The van der Waals surface area contributed by atoms with Crippen molar-refractivity contribution in [2.75, 3.05) is 0 Å². The lowest BCUT2D eigenvalue weighted by Crippen LogP contribution is -2.05. The minimum atomic E-state index is -0.656. The molecule has 0 atom stereocenters. The van der Waals surface area contributed by atoms with Crippen molar-refractivity contribution in [1.82, 2.24) is 20.0 Å². The number of Topliss-reactive ketones (excluding diaryl/α,β-unsaturated/α-hetero) is 1. The average Bonchev–Trinajstić information content (AvgIpc) is 3.19. The highest BCUT2D eigenvalue weighted by Crippen LogP contribution is 2.28. The molecule has 0 bridgehead atoms. The summed E-state index contributed by atoms with van der Waals surface area (Å²) in [7, 11) is 0. The van der Waals surface area contributed by atoms with Gasteiger partial charge in [0, 0.05) is 35.9 Å². The summed E-state index contributed by atoms with van der Waals surface area (Å²) >= 11 is 0. The number of hydrogen-bond acceptors (Lipinski definition) is 5. The summed E-state index contributed by atoms with van der Waals surface area (Å²) in [6, 6.07) is 11.9. The van der Waals surface area contributed by atoms with Crippen molar-refractivity contribution in [2.45, 2.75) is 26.7 Å². The minimum Gasteiger partial charge on any atom is -0.457 e. The van der Waals surface area contributed by atoms with Gasteiger partial charge in [0.25, 0.3) is 0 Å². The Morgan fingerprint density at radius 3 is 2.56 bits per heavy atom. The Balaban J connectivity index is 1.50. The van der Waals surface area contributed by atoms with Gasteiger partial charge in [-0.05, 0) is 50.1 Å². The van der Waals surface area contributed by atoms with E-state index in [2.05, 4.69) is 15.2 Å². The van der Waals surface area contributed by atoms with Crippen LogP contribution in [-0.2, 0) is 6.42 Å². The van der Waals surface area contributed by atoms with Crippen LogP contribution in [0.3, 0.4) is 0 Å². The summed E-state index contributed by atoms with van der Waals surface area (Å²) in [6.45, 7) is 3.63. The molecule has 0 saturated heterocycles. The second kappa shape index (κ2) is 9.05.